The summed E-state index contributed by atoms with van der Waals surface area (Å²) in [5, 5.41) is 16.5. The average Bonchev–Trinajstić information content (AvgIpc) is 3.66. The molecule has 3 N–H and O–H groups in total. The summed E-state index contributed by atoms with van der Waals surface area (Å²) in [4.78, 5) is 39.3. The number of sulfonamides is 1. The number of rotatable bonds is 12. The maximum atomic E-state index is 14.8. The Labute approximate surface area is 378 Å². The van der Waals surface area contributed by atoms with Gasteiger partial charge in [-0.05, 0) is 84.1 Å². The van der Waals surface area contributed by atoms with Crippen molar-refractivity contribution in [3.05, 3.63) is 111 Å². The molecular weight excluding hydrogens is 886 g/mol. The Morgan fingerprint density at radius 2 is 1.80 bits per heavy atom. The van der Waals surface area contributed by atoms with Crippen molar-refractivity contribution in [3.63, 3.8) is 0 Å². The Balaban J connectivity index is 0.988. The van der Waals surface area contributed by atoms with Crippen molar-refractivity contribution < 1.29 is 41.1 Å². The number of aromatic amines is 1. The third kappa shape index (κ3) is 9.89. The van der Waals surface area contributed by atoms with Crippen LogP contribution in [0, 0.1) is 10.1 Å². The first-order chi connectivity index (χ1) is 31.3. The van der Waals surface area contributed by atoms with Gasteiger partial charge in [-0.25, -0.2) is 21.9 Å². The molecule has 9 rings (SSSR count). The van der Waals surface area contributed by atoms with Crippen LogP contribution in [0.25, 0.3) is 16.6 Å². The van der Waals surface area contributed by atoms with Gasteiger partial charge in [0.1, 0.15) is 17.0 Å². The Morgan fingerprint density at radius 3 is 2.57 bits per heavy atom. The Kier molecular flexibility index (Phi) is 12.7. The molecule has 0 saturated carbocycles. The lowest BCUT2D eigenvalue weighted by molar-refractivity contribution is -0.384. The normalized spacial score (nSPS) is 19.3. The van der Waals surface area contributed by atoms with Gasteiger partial charge in [0.05, 0.1) is 53.6 Å². The van der Waals surface area contributed by atoms with Gasteiger partial charge in [-0.15, -0.1) is 0 Å². The molecule has 1 aliphatic carbocycles. The molecule has 342 valence electrons. The average molecular weight is 933 g/mol. The van der Waals surface area contributed by atoms with Gasteiger partial charge in [0.2, 0.25) is 5.88 Å². The highest BCUT2D eigenvalue weighted by atomic mass is 35.5. The molecular formula is C45H47ClF2N8O8S. The fourth-order valence-electron chi connectivity index (χ4n) is 8.82. The molecule has 5 aromatic rings. The molecule has 0 radical (unpaired) electrons. The number of nitro groups is 1. The number of nitro benzene ring substituents is 1. The zero-order valence-corrected chi connectivity index (χ0v) is 36.8. The number of carbonyl (C=O) groups excluding carboxylic acids is 1. The molecule has 0 spiro atoms. The van der Waals surface area contributed by atoms with Crippen molar-refractivity contribution >= 4 is 72.6 Å². The fourth-order valence-corrected chi connectivity index (χ4v) is 9.93. The van der Waals surface area contributed by atoms with Gasteiger partial charge in [0.15, 0.2) is 0 Å². The number of piperazine rings is 1. The van der Waals surface area contributed by atoms with Crippen molar-refractivity contribution in [2.45, 2.75) is 42.6 Å². The maximum Gasteiger partial charge on any atom is 0.293 e. The number of aromatic nitrogens is 2. The van der Waals surface area contributed by atoms with Crippen molar-refractivity contribution in [2.24, 2.45) is 0 Å². The third-order valence-corrected chi connectivity index (χ3v) is 13.7. The van der Waals surface area contributed by atoms with Gasteiger partial charge < -0.3 is 34.3 Å². The number of halogens is 3. The number of H-pyrrole nitrogens is 1. The molecule has 2 saturated heterocycles. The van der Waals surface area contributed by atoms with Crippen molar-refractivity contribution in [3.8, 4) is 5.88 Å². The van der Waals surface area contributed by atoms with Gasteiger partial charge >= 0.3 is 0 Å². The number of benzene rings is 3. The summed E-state index contributed by atoms with van der Waals surface area (Å²) in [7, 11) is -4.64. The Hall–Kier alpha value is -5.86. The molecule has 16 nitrogen and oxygen atoms in total. The van der Waals surface area contributed by atoms with E-state index in [1.165, 1.54) is 12.1 Å². The summed E-state index contributed by atoms with van der Waals surface area (Å²) in [6.07, 6.45) is 1.73. The molecule has 65 heavy (non-hydrogen) atoms. The lowest BCUT2D eigenvalue weighted by atomic mass is 9.85. The monoisotopic (exact) mass is 932 g/mol. The summed E-state index contributed by atoms with van der Waals surface area (Å²) >= 11 is 6.14. The first-order valence-corrected chi connectivity index (χ1v) is 23.3. The summed E-state index contributed by atoms with van der Waals surface area (Å²) in [5.41, 5.74) is 4.51. The predicted octanol–water partition coefficient (Wildman–Crippen LogP) is 7.39. The van der Waals surface area contributed by atoms with E-state index in [1.807, 2.05) is 35.2 Å². The van der Waals surface area contributed by atoms with E-state index >= 15 is 0 Å². The minimum atomic E-state index is -4.64. The first kappa shape index (κ1) is 44.3. The molecule has 3 aliphatic heterocycles. The number of anilines is 4. The van der Waals surface area contributed by atoms with E-state index in [4.69, 9.17) is 30.8 Å². The van der Waals surface area contributed by atoms with Gasteiger partial charge in [-0.1, -0.05) is 23.7 Å². The second kappa shape index (κ2) is 18.6. The number of carbonyl (C=O) groups is 1. The molecule has 1 atom stereocenters. The highest BCUT2D eigenvalue weighted by Crippen LogP contribution is 2.43. The number of nitrogens with zero attached hydrogens (tertiary/aromatic N) is 5. The molecule has 4 aliphatic rings. The molecule has 2 fully saturated rings. The minimum Gasteiger partial charge on any atom is -0.476 e. The first-order valence-electron chi connectivity index (χ1n) is 21.4. The van der Waals surface area contributed by atoms with E-state index < -0.39 is 37.4 Å². The van der Waals surface area contributed by atoms with Crippen molar-refractivity contribution in [1.82, 2.24) is 19.6 Å². The summed E-state index contributed by atoms with van der Waals surface area (Å²) < 4.78 is 76.7. The van der Waals surface area contributed by atoms with E-state index in [0.29, 0.717) is 100 Å². The van der Waals surface area contributed by atoms with E-state index in [2.05, 4.69) is 24.8 Å². The zero-order valence-electron chi connectivity index (χ0n) is 35.2. The van der Waals surface area contributed by atoms with Gasteiger partial charge in [-0.3, -0.25) is 19.8 Å². The van der Waals surface area contributed by atoms with Gasteiger partial charge in [-0.2, -0.15) is 4.98 Å². The number of amides is 1. The molecule has 1 amide bonds. The predicted molar refractivity (Wildman–Crippen MR) is 242 cm³/mol. The summed E-state index contributed by atoms with van der Waals surface area (Å²) in [6, 6.07) is 19.6. The maximum absolute atomic E-state index is 14.8. The van der Waals surface area contributed by atoms with E-state index in [1.54, 1.807) is 30.5 Å². The number of allylic oxidation sites excluding steroid dienone is 1. The van der Waals surface area contributed by atoms with E-state index in [9.17, 15) is 32.1 Å². The molecule has 0 bridgehead atoms. The van der Waals surface area contributed by atoms with Gasteiger partial charge in [0.25, 0.3) is 27.5 Å². The molecule has 20 heteroatoms. The zero-order chi connectivity index (χ0) is 45.3. The van der Waals surface area contributed by atoms with Crippen LogP contribution in [0.1, 0.15) is 41.6 Å². The fraction of sp³-hybridized carbons (Fsp3) is 0.378. The molecule has 2 aromatic heterocycles. The van der Waals surface area contributed by atoms with Crippen LogP contribution in [0.5, 0.6) is 5.88 Å². The van der Waals surface area contributed by atoms with Crippen LogP contribution < -0.4 is 24.6 Å². The van der Waals surface area contributed by atoms with Gasteiger partial charge in [0, 0.05) is 87.0 Å². The van der Waals surface area contributed by atoms with E-state index in [0.717, 1.165) is 33.8 Å². The number of hydrogen-bond donors (Lipinski definition) is 3. The van der Waals surface area contributed by atoms with Crippen LogP contribution in [0.15, 0.2) is 89.5 Å². The van der Waals surface area contributed by atoms with Crippen LogP contribution in [-0.2, 0) is 19.5 Å². The summed E-state index contributed by atoms with van der Waals surface area (Å²) in [6.45, 7) is 4.74. The number of pyridine rings is 1. The molecule has 5 heterocycles. The second-order valence-corrected chi connectivity index (χ2v) is 18.6. The molecule has 1 unspecified atom stereocenters. The SMILES string of the molecule is O=C(NS(=O)(=O)c1ccc(NCC2COCCO2)c([N+](=O)[O-])c1)c1ccc(N2CCN(CC3=C(c4ccc(Cl)cc4)CCC(F)(F)C3)CC2)cc1N1CCCOc2nc3[nH]ccc3cc21. The van der Waals surface area contributed by atoms with Crippen LogP contribution >= 0.6 is 11.6 Å². The van der Waals surface area contributed by atoms with E-state index in [-0.39, 0.29) is 43.2 Å². The quantitative estimate of drug-likeness (QED) is 0.0833. The minimum absolute atomic E-state index is 0.0281. The lowest BCUT2D eigenvalue weighted by Crippen LogP contribution is -2.47. The number of alkyl halides is 2. The molecule has 3 aromatic carbocycles. The van der Waals surface area contributed by atoms with Crippen LogP contribution in [0.2, 0.25) is 5.02 Å². The van der Waals surface area contributed by atoms with Crippen LogP contribution in [-0.4, -0.2) is 118 Å². The topological polar surface area (TPSA) is 185 Å². The Bertz CT molecular complexity index is 2740. The van der Waals surface area contributed by atoms with Crippen LogP contribution in [0.4, 0.5) is 37.2 Å². The largest absolute Gasteiger partial charge is 0.476 e. The second-order valence-electron chi connectivity index (χ2n) is 16.5. The Morgan fingerprint density at radius 1 is 0.985 bits per heavy atom. The lowest BCUT2D eigenvalue weighted by Gasteiger charge is -2.38. The smallest absolute Gasteiger partial charge is 0.293 e. The number of fused-ring (bicyclic) bond motifs is 2. The standard InChI is InChI=1S/C45H47ClF2N8O8S/c46-32-4-2-29(3-5-32)36-10-12-45(47,48)25-31(36)27-53-15-17-54(18-16-53)33-6-8-37(39(23-33)55-14-1-19-64-44-41(55)22-30-11-13-49-42(30)51-44)43(57)52-65(60,61)35-7-9-38(40(24-35)56(58)59)50-26-34-28-62-20-21-63-34/h2-9,11,13,22-24,34,50H,1,10,12,14-21,25-28H2,(H,49,51)(H,52,57). The summed E-state index contributed by atoms with van der Waals surface area (Å²) in [5.74, 6) is -3.40. The number of hydrogen-bond acceptors (Lipinski definition) is 13. The third-order valence-electron chi connectivity index (χ3n) is 12.1. The highest BCUT2D eigenvalue weighted by Gasteiger charge is 2.37. The van der Waals surface area contributed by atoms with Crippen LogP contribution in [0.3, 0.4) is 0 Å². The number of ether oxygens (including phenoxy) is 3. The van der Waals surface area contributed by atoms with Crippen molar-refractivity contribution in [1.29, 1.82) is 0 Å². The highest BCUT2D eigenvalue weighted by molar-refractivity contribution is 7.90. The number of nitrogens with one attached hydrogen (secondary N) is 3. The van der Waals surface area contributed by atoms with Crippen molar-refractivity contribution in [2.75, 3.05) is 87.4 Å².